The van der Waals surface area contributed by atoms with Crippen molar-refractivity contribution >= 4 is 16.9 Å². The lowest BCUT2D eigenvalue weighted by Gasteiger charge is -2.08. The number of hydrogen-bond acceptors (Lipinski definition) is 4. The second-order valence-corrected chi connectivity index (χ2v) is 5.24. The Kier molecular flexibility index (Phi) is 3.91. The maximum atomic E-state index is 12.6. The number of fused-ring (bicyclic) bond motifs is 1. The van der Waals surface area contributed by atoms with E-state index in [0.29, 0.717) is 5.75 Å². The lowest BCUT2D eigenvalue weighted by molar-refractivity contribution is 0.0697. The van der Waals surface area contributed by atoms with Gasteiger partial charge in [-0.2, -0.15) is 0 Å². The van der Waals surface area contributed by atoms with E-state index in [2.05, 4.69) is 4.98 Å². The number of carboxylic acid groups (broad SMARTS) is 1. The molecule has 0 saturated carbocycles. The molecule has 0 bridgehead atoms. The van der Waals surface area contributed by atoms with Gasteiger partial charge in [-0.3, -0.25) is 9.36 Å². The summed E-state index contributed by atoms with van der Waals surface area (Å²) in [5, 5.41) is 9.25. The number of hydrogen-bond donors (Lipinski definition) is 2. The van der Waals surface area contributed by atoms with Crippen LogP contribution in [0.3, 0.4) is 0 Å². The largest absolute Gasteiger partial charge is 0.497 e. The van der Waals surface area contributed by atoms with Crippen LogP contribution in [0.1, 0.15) is 15.9 Å². The minimum atomic E-state index is -1.13. The number of nitrogens with zero attached hydrogens (tertiary/aromatic N) is 1. The summed E-state index contributed by atoms with van der Waals surface area (Å²) in [6.45, 7) is 0.0853. The highest BCUT2D eigenvalue weighted by atomic mass is 16.5. The maximum absolute atomic E-state index is 12.6. The minimum Gasteiger partial charge on any atom is -0.497 e. The van der Waals surface area contributed by atoms with Crippen molar-refractivity contribution in [3.05, 3.63) is 74.4 Å². The number of ether oxygens (including phenoxy) is 1. The van der Waals surface area contributed by atoms with E-state index in [0.717, 1.165) is 10.1 Å². The Bertz CT molecular complexity index is 1050. The van der Waals surface area contributed by atoms with Crippen molar-refractivity contribution in [3.8, 4) is 5.75 Å². The van der Waals surface area contributed by atoms with Crippen LogP contribution in [0.4, 0.5) is 0 Å². The van der Waals surface area contributed by atoms with Gasteiger partial charge in [0.15, 0.2) is 0 Å². The molecule has 24 heavy (non-hydrogen) atoms. The third-order valence-electron chi connectivity index (χ3n) is 3.70. The molecule has 0 fully saturated rings. The number of benzene rings is 2. The van der Waals surface area contributed by atoms with Crippen molar-refractivity contribution in [1.29, 1.82) is 0 Å². The van der Waals surface area contributed by atoms with Crippen molar-refractivity contribution in [1.82, 2.24) is 9.55 Å². The van der Waals surface area contributed by atoms with E-state index in [1.54, 1.807) is 24.3 Å². The number of aromatic carboxylic acids is 1. The van der Waals surface area contributed by atoms with E-state index >= 15 is 0 Å². The Balaban J connectivity index is 2.12. The van der Waals surface area contributed by atoms with Crippen LogP contribution in [0.25, 0.3) is 10.9 Å². The van der Waals surface area contributed by atoms with E-state index in [1.165, 1.54) is 25.3 Å². The number of rotatable bonds is 4. The van der Waals surface area contributed by atoms with Gasteiger partial charge in [0.05, 0.1) is 30.1 Å². The van der Waals surface area contributed by atoms with Crippen LogP contribution in [0.2, 0.25) is 0 Å². The summed E-state index contributed by atoms with van der Waals surface area (Å²) in [5.74, 6) is -0.498. The standard InChI is InChI=1S/C17H14N2O5/c1-24-12-4-2-3-10(7-12)9-19-15(20)13-6-5-11(16(21)22)8-14(13)18-17(19)23/h2-8H,9H2,1H3,(H,18,23)(H,21,22). The van der Waals surface area contributed by atoms with Crippen LogP contribution in [0.5, 0.6) is 5.75 Å². The van der Waals surface area contributed by atoms with Crippen LogP contribution in [-0.2, 0) is 6.54 Å². The summed E-state index contributed by atoms with van der Waals surface area (Å²) < 4.78 is 6.20. The molecule has 0 atom stereocenters. The van der Waals surface area contributed by atoms with Gasteiger partial charge in [-0.25, -0.2) is 9.59 Å². The van der Waals surface area contributed by atoms with E-state index in [1.807, 2.05) is 0 Å². The Morgan fingerprint density at radius 1 is 1.21 bits per heavy atom. The number of nitrogens with one attached hydrogen (secondary N) is 1. The average molecular weight is 326 g/mol. The van der Waals surface area contributed by atoms with Gasteiger partial charge in [-0.1, -0.05) is 12.1 Å². The first-order valence-electron chi connectivity index (χ1n) is 7.12. The summed E-state index contributed by atoms with van der Waals surface area (Å²) in [4.78, 5) is 38.3. The van der Waals surface area contributed by atoms with Gasteiger partial charge in [0, 0.05) is 0 Å². The fourth-order valence-electron chi connectivity index (χ4n) is 2.48. The SMILES string of the molecule is COc1cccc(Cn2c(=O)[nH]c3cc(C(=O)O)ccc3c2=O)c1. The molecule has 3 aromatic rings. The highest BCUT2D eigenvalue weighted by Gasteiger charge is 2.11. The van der Waals surface area contributed by atoms with Gasteiger partial charge >= 0.3 is 11.7 Å². The third-order valence-corrected chi connectivity index (χ3v) is 3.70. The quantitative estimate of drug-likeness (QED) is 0.755. The molecule has 1 aromatic heterocycles. The van der Waals surface area contributed by atoms with E-state index in [9.17, 15) is 14.4 Å². The molecule has 2 aromatic carbocycles. The van der Waals surface area contributed by atoms with Crippen molar-refractivity contribution in [2.45, 2.75) is 6.54 Å². The summed E-state index contributed by atoms with van der Waals surface area (Å²) >= 11 is 0. The van der Waals surface area contributed by atoms with Gasteiger partial charge in [0.1, 0.15) is 5.75 Å². The Morgan fingerprint density at radius 2 is 2.00 bits per heavy atom. The van der Waals surface area contributed by atoms with Crippen molar-refractivity contribution < 1.29 is 14.6 Å². The number of aromatic amines is 1. The van der Waals surface area contributed by atoms with Crippen LogP contribution in [0, 0.1) is 0 Å². The van der Waals surface area contributed by atoms with Gasteiger partial charge < -0.3 is 14.8 Å². The monoisotopic (exact) mass is 326 g/mol. The third kappa shape index (κ3) is 2.79. The van der Waals surface area contributed by atoms with Gasteiger partial charge in [-0.15, -0.1) is 0 Å². The maximum Gasteiger partial charge on any atom is 0.335 e. The first-order chi connectivity index (χ1) is 11.5. The van der Waals surface area contributed by atoms with Gasteiger partial charge in [0.2, 0.25) is 0 Å². The number of carboxylic acids is 1. The van der Waals surface area contributed by atoms with Crippen LogP contribution < -0.4 is 16.0 Å². The van der Waals surface area contributed by atoms with Crippen LogP contribution >= 0.6 is 0 Å². The molecular weight excluding hydrogens is 312 g/mol. The normalized spacial score (nSPS) is 10.7. The fraction of sp³-hybridized carbons (Fsp3) is 0.118. The second-order valence-electron chi connectivity index (χ2n) is 5.24. The van der Waals surface area contributed by atoms with Gasteiger partial charge in [-0.05, 0) is 35.9 Å². The molecule has 0 spiro atoms. The molecule has 3 rings (SSSR count). The average Bonchev–Trinajstić information content (AvgIpc) is 2.58. The molecule has 1 heterocycles. The highest BCUT2D eigenvalue weighted by molar-refractivity contribution is 5.92. The molecule has 122 valence electrons. The molecule has 0 aliphatic carbocycles. The summed E-state index contributed by atoms with van der Waals surface area (Å²) in [6.07, 6.45) is 0. The second kappa shape index (κ2) is 6.04. The molecule has 0 aliphatic heterocycles. The van der Waals surface area contributed by atoms with Crippen LogP contribution in [-0.4, -0.2) is 27.7 Å². The van der Waals surface area contributed by atoms with Crippen molar-refractivity contribution in [2.24, 2.45) is 0 Å². The molecule has 0 amide bonds. The van der Waals surface area contributed by atoms with Crippen molar-refractivity contribution in [3.63, 3.8) is 0 Å². The van der Waals surface area contributed by atoms with Gasteiger partial charge in [0.25, 0.3) is 5.56 Å². The Hall–Kier alpha value is -3.35. The number of aromatic nitrogens is 2. The molecule has 0 radical (unpaired) electrons. The first-order valence-corrected chi connectivity index (χ1v) is 7.12. The zero-order valence-corrected chi connectivity index (χ0v) is 12.8. The molecule has 0 unspecified atom stereocenters. The molecular formula is C17H14N2O5. The molecule has 2 N–H and O–H groups in total. The zero-order valence-electron chi connectivity index (χ0n) is 12.8. The molecule has 0 saturated heterocycles. The fourth-order valence-corrected chi connectivity index (χ4v) is 2.48. The topological polar surface area (TPSA) is 101 Å². The lowest BCUT2D eigenvalue weighted by atomic mass is 10.1. The molecule has 7 nitrogen and oxygen atoms in total. The van der Waals surface area contributed by atoms with E-state index in [-0.39, 0.29) is 23.0 Å². The Labute approximate surface area is 135 Å². The summed E-state index contributed by atoms with van der Waals surface area (Å²) in [6, 6.07) is 11.1. The summed E-state index contributed by atoms with van der Waals surface area (Å²) in [5.41, 5.74) is -0.135. The first kappa shape index (κ1) is 15.5. The van der Waals surface area contributed by atoms with Crippen molar-refractivity contribution in [2.75, 3.05) is 7.11 Å². The number of H-pyrrole nitrogens is 1. The number of carbonyl (C=O) groups is 1. The Morgan fingerprint density at radius 3 is 2.71 bits per heavy atom. The zero-order chi connectivity index (χ0) is 17.3. The highest BCUT2D eigenvalue weighted by Crippen LogP contribution is 2.13. The lowest BCUT2D eigenvalue weighted by Crippen LogP contribution is -2.35. The molecule has 7 heteroatoms. The number of methoxy groups -OCH3 is 1. The van der Waals surface area contributed by atoms with E-state index in [4.69, 9.17) is 9.84 Å². The van der Waals surface area contributed by atoms with E-state index < -0.39 is 17.2 Å². The summed E-state index contributed by atoms with van der Waals surface area (Å²) in [7, 11) is 1.54. The molecule has 0 aliphatic rings. The predicted molar refractivity (Wildman–Crippen MR) is 87.9 cm³/mol. The predicted octanol–water partition coefficient (Wildman–Crippen LogP) is 1.44. The van der Waals surface area contributed by atoms with Crippen LogP contribution in [0.15, 0.2) is 52.1 Å². The minimum absolute atomic E-state index is 0.00287. The smallest absolute Gasteiger partial charge is 0.335 e.